The van der Waals surface area contributed by atoms with Crippen molar-refractivity contribution in [2.45, 2.75) is 32.6 Å². The van der Waals surface area contributed by atoms with E-state index in [9.17, 15) is 9.90 Å². The Morgan fingerprint density at radius 2 is 1.72 bits per heavy atom. The maximum absolute atomic E-state index is 13.2. The highest BCUT2D eigenvalue weighted by Gasteiger charge is 2.27. The fourth-order valence-electron chi connectivity index (χ4n) is 4.24. The largest absolute Gasteiger partial charge is 0.506 e. The zero-order chi connectivity index (χ0) is 27.4. The normalized spacial score (nSPS) is 11.1. The van der Waals surface area contributed by atoms with E-state index in [1.54, 1.807) is 42.7 Å². The van der Waals surface area contributed by atoms with Crippen molar-refractivity contribution in [2.75, 3.05) is 14.2 Å². The monoisotopic (exact) mass is 530 g/mol. The lowest BCUT2D eigenvalue weighted by atomic mass is 9.96. The Kier molecular flexibility index (Phi) is 7.34. The van der Waals surface area contributed by atoms with Gasteiger partial charge in [-0.25, -0.2) is 0 Å². The molecule has 0 atom stereocenters. The van der Waals surface area contributed by atoms with E-state index in [4.69, 9.17) is 18.4 Å². The number of aromatic hydroxyl groups is 1. The summed E-state index contributed by atoms with van der Waals surface area (Å²) < 4.78 is 22.2. The number of methoxy groups -OCH3 is 2. The van der Waals surface area contributed by atoms with Gasteiger partial charge < -0.3 is 28.5 Å². The molecule has 0 radical (unpaired) electrons. The van der Waals surface area contributed by atoms with Crippen molar-refractivity contribution in [2.24, 2.45) is 0 Å². The number of rotatable bonds is 10. The maximum atomic E-state index is 13.2. The van der Waals surface area contributed by atoms with Gasteiger partial charge in [0.05, 0.1) is 25.3 Å². The molecular formula is C27H26N6O6. The first-order chi connectivity index (χ1) is 19.0. The lowest BCUT2D eigenvalue weighted by Gasteiger charge is -2.18. The summed E-state index contributed by atoms with van der Waals surface area (Å²) >= 11 is 0. The first kappa shape index (κ1) is 25.6. The quantitative estimate of drug-likeness (QED) is 0.266. The van der Waals surface area contributed by atoms with Gasteiger partial charge in [0.1, 0.15) is 29.2 Å². The standard InChI is InChI=1S/C27H26N6O6/c1-4-5-7-16-21(22-17(36-2)8-6-9-18(22)37-3)24(34)23(26(35)29-16)27-32-31-20(38-27)14-19-30-25(33-39-19)15-10-12-28-13-11-15/h6,8-13H,4-5,7,14H2,1-3H3,(H2,29,34,35). The molecule has 200 valence electrons. The molecule has 12 heteroatoms. The molecule has 0 unspecified atom stereocenters. The van der Waals surface area contributed by atoms with Gasteiger partial charge in [0.15, 0.2) is 0 Å². The molecule has 0 saturated heterocycles. The van der Waals surface area contributed by atoms with Crippen molar-refractivity contribution in [3.8, 4) is 51.2 Å². The Hall–Kier alpha value is -5.00. The van der Waals surface area contributed by atoms with Gasteiger partial charge in [-0.2, -0.15) is 4.98 Å². The molecule has 5 aromatic rings. The van der Waals surface area contributed by atoms with Gasteiger partial charge in [0.25, 0.3) is 11.4 Å². The summed E-state index contributed by atoms with van der Waals surface area (Å²) in [6.45, 7) is 2.04. The molecule has 4 heterocycles. The molecule has 12 nitrogen and oxygen atoms in total. The van der Waals surface area contributed by atoms with Crippen LogP contribution in [0.4, 0.5) is 0 Å². The van der Waals surface area contributed by atoms with Crippen LogP contribution in [0.2, 0.25) is 0 Å². The summed E-state index contributed by atoms with van der Waals surface area (Å²) in [5, 5.41) is 23.5. The van der Waals surface area contributed by atoms with Gasteiger partial charge in [-0.05, 0) is 37.1 Å². The number of H-pyrrole nitrogens is 1. The number of hydrogen-bond acceptors (Lipinski definition) is 11. The third-order valence-electron chi connectivity index (χ3n) is 6.11. The van der Waals surface area contributed by atoms with E-state index < -0.39 is 5.56 Å². The summed E-state index contributed by atoms with van der Waals surface area (Å²) in [4.78, 5) is 24.4. The second kappa shape index (κ2) is 11.2. The molecule has 0 amide bonds. The van der Waals surface area contributed by atoms with Gasteiger partial charge >= 0.3 is 0 Å². The zero-order valence-electron chi connectivity index (χ0n) is 21.6. The van der Waals surface area contributed by atoms with E-state index in [0.29, 0.717) is 40.6 Å². The highest BCUT2D eigenvalue weighted by Crippen LogP contribution is 2.46. The van der Waals surface area contributed by atoms with Crippen LogP contribution in [0.5, 0.6) is 17.2 Å². The van der Waals surface area contributed by atoms with Crippen molar-refractivity contribution in [1.29, 1.82) is 0 Å². The SMILES string of the molecule is CCCCc1[nH]c(=O)c(-c2nnc(Cc3nc(-c4ccncc4)no3)o2)c(O)c1-c1c(OC)cccc1OC. The van der Waals surface area contributed by atoms with Crippen LogP contribution >= 0.6 is 0 Å². The second-order valence-electron chi connectivity index (χ2n) is 8.60. The van der Waals surface area contributed by atoms with E-state index in [0.717, 1.165) is 18.4 Å². The number of pyridine rings is 2. The zero-order valence-corrected chi connectivity index (χ0v) is 21.6. The van der Waals surface area contributed by atoms with E-state index in [-0.39, 0.29) is 35.4 Å². The number of unbranched alkanes of at least 4 members (excludes halogenated alkanes) is 1. The summed E-state index contributed by atoms with van der Waals surface area (Å²) in [6.07, 6.45) is 5.48. The highest BCUT2D eigenvalue weighted by molar-refractivity contribution is 5.87. The Balaban J connectivity index is 1.55. The number of aromatic nitrogens is 6. The first-order valence-electron chi connectivity index (χ1n) is 12.3. The van der Waals surface area contributed by atoms with Crippen molar-refractivity contribution in [1.82, 2.24) is 30.3 Å². The predicted molar refractivity (Wildman–Crippen MR) is 140 cm³/mol. The Morgan fingerprint density at radius 3 is 2.41 bits per heavy atom. The molecule has 4 aromatic heterocycles. The van der Waals surface area contributed by atoms with Crippen molar-refractivity contribution in [3.63, 3.8) is 0 Å². The van der Waals surface area contributed by atoms with Crippen LogP contribution in [0.15, 0.2) is 56.5 Å². The fourth-order valence-corrected chi connectivity index (χ4v) is 4.24. The van der Waals surface area contributed by atoms with Crippen LogP contribution in [0.1, 0.15) is 37.2 Å². The minimum atomic E-state index is -0.566. The molecule has 0 aliphatic heterocycles. The van der Waals surface area contributed by atoms with Crippen LogP contribution in [0.25, 0.3) is 34.0 Å². The minimum absolute atomic E-state index is 0.0333. The molecule has 39 heavy (non-hydrogen) atoms. The fraction of sp³-hybridized carbons (Fsp3) is 0.259. The lowest BCUT2D eigenvalue weighted by molar-refractivity contribution is 0.373. The second-order valence-corrected chi connectivity index (χ2v) is 8.60. The summed E-state index contributed by atoms with van der Waals surface area (Å²) in [6, 6.07) is 8.79. The van der Waals surface area contributed by atoms with E-state index in [1.807, 2.05) is 6.92 Å². The Morgan fingerprint density at radius 1 is 0.974 bits per heavy atom. The number of aryl methyl sites for hydroxylation is 1. The van der Waals surface area contributed by atoms with Crippen molar-refractivity contribution in [3.05, 3.63) is 70.6 Å². The molecule has 1 aromatic carbocycles. The van der Waals surface area contributed by atoms with Crippen LogP contribution in [0, 0.1) is 0 Å². The number of ether oxygens (including phenoxy) is 2. The van der Waals surface area contributed by atoms with E-state index in [2.05, 4.69) is 30.3 Å². The lowest BCUT2D eigenvalue weighted by Crippen LogP contribution is -2.14. The Bertz CT molecular complexity index is 1620. The third kappa shape index (κ3) is 5.08. The van der Waals surface area contributed by atoms with Gasteiger partial charge in [-0.15, -0.1) is 10.2 Å². The Labute approximate surface area is 222 Å². The van der Waals surface area contributed by atoms with Crippen LogP contribution in [-0.2, 0) is 12.8 Å². The molecule has 0 saturated carbocycles. The van der Waals surface area contributed by atoms with Crippen molar-refractivity contribution >= 4 is 0 Å². The first-order valence-corrected chi connectivity index (χ1v) is 12.3. The molecule has 5 rings (SSSR count). The van der Waals surface area contributed by atoms with Crippen LogP contribution < -0.4 is 15.0 Å². The smallest absolute Gasteiger partial charge is 0.264 e. The van der Waals surface area contributed by atoms with Gasteiger partial charge in [-0.3, -0.25) is 9.78 Å². The minimum Gasteiger partial charge on any atom is -0.506 e. The van der Waals surface area contributed by atoms with E-state index >= 15 is 0 Å². The summed E-state index contributed by atoms with van der Waals surface area (Å²) in [5.41, 5.74) is 1.42. The van der Waals surface area contributed by atoms with E-state index in [1.165, 1.54) is 14.2 Å². The molecular weight excluding hydrogens is 504 g/mol. The topological polar surface area (TPSA) is 162 Å². The third-order valence-corrected chi connectivity index (χ3v) is 6.11. The molecule has 0 aliphatic carbocycles. The van der Waals surface area contributed by atoms with Gasteiger partial charge in [0.2, 0.25) is 17.6 Å². The number of aromatic amines is 1. The van der Waals surface area contributed by atoms with Gasteiger partial charge in [-0.1, -0.05) is 24.6 Å². The number of nitrogens with zero attached hydrogens (tertiary/aromatic N) is 5. The summed E-state index contributed by atoms with van der Waals surface area (Å²) in [7, 11) is 3.05. The highest BCUT2D eigenvalue weighted by atomic mass is 16.5. The van der Waals surface area contributed by atoms with Crippen molar-refractivity contribution < 1.29 is 23.5 Å². The average Bonchev–Trinajstić information content (AvgIpc) is 3.62. The molecule has 0 fully saturated rings. The average molecular weight is 531 g/mol. The van der Waals surface area contributed by atoms with Crippen LogP contribution in [0.3, 0.4) is 0 Å². The molecule has 2 N–H and O–H groups in total. The molecule has 0 bridgehead atoms. The number of nitrogens with one attached hydrogen (secondary N) is 1. The number of hydrogen-bond donors (Lipinski definition) is 2. The molecule has 0 spiro atoms. The number of benzene rings is 1. The summed E-state index contributed by atoms with van der Waals surface area (Å²) in [5.74, 6) is 1.21. The maximum Gasteiger partial charge on any atom is 0.264 e. The molecule has 0 aliphatic rings. The predicted octanol–water partition coefficient (Wildman–Crippen LogP) is 4.19. The van der Waals surface area contributed by atoms with Crippen LogP contribution in [-0.4, -0.2) is 49.6 Å². The van der Waals surface area contributed by atoms with Gasteiger partial charge in [0, 0.05) is 23.7 Å².